The molecule has 2 heteroatoms. The molecule has 0 aromatic carbocycles. The summed E-state index contributed by atoms with van der Waals surface area (Å²) in [6, 6.07) is 0. The minimum absolute atomic E-state index is 0.240. The molecule has 0 radical (unpaired) electrons. The van der Waals surface area contributed by atoms with E-state index in [9.17, 15) is 5.11 Å². The Hall–Kier alpha value is -0.0800. The van der Waals surface area contributed by atoms with Crippen LogP contribution in [-0.4, -0.2) is 36.2 Å². The first-order chi connectivity index (χ1) is 7.26. The predicted octanol–water partition coefficient (Wildman–Crippen LogP) is 2.66. The molecular formula is C13H27NO. The summed E-state index contributed by atoms with van der Waals surface area (Å²) >= 11 is 0. The van der Waals surface area contributed by atoms with Gasteiger partial charge in [-0.25, -0.2) is 0 Å². The lowest BCUT2D eigenvalue weighted by atomic mass is 9.86. The van der Waals surface area contributed by atoms with E-state index in [1.54, 1.807) is 0 Å². The van der Waals surface area contributed by atoms with Gasteiger partial charge >= 0.3 is 0 Å². The SMILES string of the molecule is CCCCN(CC)CC1(CO)CCCC1. The Kier molecular flexibility index (Phi) is 5.62. The highest BCUT2D eigenvalue weighted by molar-refractivity contribution is 4.86. The highest BCUT2D eigenvalue weighted by Crippen LogP contribution is 2.38. The molecule has 1 aliphatic rings. The summed E-state index contributed by atoms with van der Waals surface area (Å²) in [4.78, 5) is 2.52. The summed E-state index contributed by atoms with van der Waals surface area (Å²) in [7, 11) is 0. The molecular weight excluding hydrogens is 186 g/mol. The third-order valence-electron chi connectivity index (χ3n) is 3.83. The van der Waals surface area contributed by atoms with Crippen LogP contribution in [0.2, 0.25) is 0 Å². The summed E-state index contributed by atoms with van der Waals surface area (Å²) in [5.41, 5.74) is 0.240. The summed E-state index contributed by atoms with van der Waals surface area (Å²) < 4.78 is 0. The zero-order valence-corrected chi connectivity index (χ0v) is 10.5. The van der Waals surface area contributed by atoms with E-state index in [1.165, 1.54) is 45.1 Å². The molecule has 0 heterocycles. The zero-order chi connectivity index (χ0) is 11.1. The van der Waals surface area contributed by atoms with E-state index < -0.39 is 0 Å². The number of hydrogen-bond donors (Lipinski definition) is 1. The standard InChI is InChI=1S/C13H27NO/c1-3-5-10-14(4-2)11-13(12-15)8-6-7-9-13/h15H,3-12H2,1-2H3. The van der Waals surface area contributed by atoms with Crippen molar-refractivity contribution in [2.45, 2.75) is 52.4 Å². The maximum atomic E-state index is 9.56. The van der Waals surface area contributed by atoms with Gasteiger partial charge in [-0.1, -0.05) is 33.1 Å². The van der Waals surface area contributed by atoms with Gasteiger partial charge in [-0.2, -0.15) is 0 Å². The third kappa shape index (κ3) is 3.76. The van der Waals surface area contributed by atoms with Crippen LogP contribution in [0.15, 0.2) is 0 Å². The molecule has 1 aliphatic carbocycles. The maximum absolute atomic E-state index is 9.56. The fourth-order valence-electron chi connectivity index (χ4n) is 2.70. The van der Waals surface area contributed by atoms with Gasteiger partial charge in [0.05, 0.1) is 0 Å². The molecule has 1 N–H and O–H groups in total. The van der Waals surface area contributed by atoms with Gasteiger partial charge in [0.25, 0.3) is 0 Å². The van der Waals surface area contributed by atoms with Crippen molar-refractivity contribution in [1.82, 2.24) is 4.90 Å². The molecule has 0 unspecified atom stereocenters. The fourth-order valence-corrected chi connectivity index (χ4v) is 2.70. The Morgan fingerprint density at radius 1 is 1.20 bits per heavy atom. The minimum atomic E-state index is 0.240. The molecule has 0 aromatic heterocycles. The molecule has 0 bridgehead atoms. The quantitative estimate of drug-likeness (QED) is 0.703. The van der Waals surface area contributed by atoms with E-state index in [0.29, 0.717) is 6.61 Å². The zero-order valence-electron chi connectivity index (χ0n) is 10.5. The first-order valence-electron chi connectivity index (χ1n) is 6.59. The summed E-state index contributed by atoms with van der Waals surface area (Å²) in [6.07, 6.45) is 7.63. The minimum Gasteiger partial charge on any atom is -0.396 e. The molecule has 0 amide bonds. The van der Waals surface area contributed by atoms with Gasteiger partial charge in [-0.05, 0) is 32.4 Å². The van der Waals surface area contributed by atoms with Crippen LogP contribution in [0.25, 0.3) is 0 Å². The lowest BCUT2D eigenvalue weighted by Crippen LogP contribution is -2.39. The Morgan fingerprint density at radius 2 is 1.87 bits per heavy atom. The Morgan fingerprint density at radius 3 is 2.33 bits per heavy atom. The van der Waals surface area contributed by atoms with Crippen LogP contribution in [0, 0.1) is 5.41 Å². The monoisotopic (exact) mass is 213 g/mol. The van der Waals surface area contributed by atoms with Crippen molar-refractivity contribution >= 4 is 0 Å². The van der Waals surface area contributed by atoms with E-state index in [0.717, 1.165) is 13.1 Å². The largest absolute Gasteiger partial charge is 0.396 e. The summed E-state index contributed by atoms with van der Waals surface area (Å²) in [5.74, 6) is 0. The van der Waals surface area contributed by atoms with Gasteiger partial charge in [0.15, 0.2) is 0 Å². The summed E-state index contributed by atoms with van der Waals surface area (Å²) in [6.45, 7) is 8.30. The summed E-state index contributed by atoms with van der Waals surface area (Å²) in [5, 5.41) is 9.56. The molecule has 0 spiro atoms. The van der Waals surface area contributed by atoms with E-state index in [4.69, 9.17) is 0 Å². The van der Waals surface area contributed by atoms with Crippen LogP contribution in [0.4, 0.5) is 0 Å². The Bertz CT molecular complexity index is 164. The molecule has 2 nitrogen and oxygen atoms in total. The fraction of sp³-hybridized carbons (Fsp3) is 1.00. The Labute approximate surface area is 94.7 Å². The molecule has 1 rings (SSSR count). The highest BCUT2D eigenvalue weighted by Gasteiger charge is 2.34. The molecule has 0 aromatic rings. The van der Waals surface area contributed by atoms with Crippen molar-refractivity contribution < 1.29 is 5.11 Å². The lowest BCUT2D eigenvalue weighted by Gasteiger charge is -2.33. The average molecular weight is 213 g/mol. The predicted molar refractivity (Wildman–Crippen MR) is 65.0 cm³/mol. The molecule has 1 saturated carbocycles. The average Bonchev–Trinajstić information content (AvgIpc) is 2.73. The number of nitrogens with zero attached hydrogens (tertiary/aromatic N) is 1. The van der Waals surface area contributed by atoms with Gasteiger partial charge in [-0.15, -0.1) is 0 Å². The van der Waals surface area contributed by atoms with Gasteiger partial charge < -0.3 is 10.0 Å². The Balaban J connectivity index is 2.40. The van der Waals surface area contributed by atoms with Crippen LogP contribution in [0.5, 0.6) is 0 Å². The van der Waals surface area contributed by atoms with Crippen molar-refractivity contribution in [3.63, 3.8) is 0 Å². The molecule has 0 saturated heterocycles. The van der Waals surface area contributed by atoms with Crippen LogP contribution >= 0.6 is 0 Å². The van der Waals surface area contributed by atoms with E-state index in [1.807, 2.05) is 0 Å². The van der Waals surface area contributed by atoms with Crippen molar-refractivity contribution in [1.29, 1.82) is 0 Å². The van der Waals surface area contributed by atoms with E-state index in [2.05, 4.69) is 18.7 Å². The van der Waals surface area contributed by atoms with Crippen molar-refractivity contribution in [3.05, 3.63) is 0 Å². The number of unbranched alkanes of at least 4 members (excludes halogenated alkanes) is 1. The van der Waals surface area contributed by atoms with Gasteiger partial charge in [-0.3, -0.25) is 0 Å². The molecule has 15 heavy (non-hydrogen) atoms. The topological polar surface area (TPSA) is 23.5 Å². The second-order valence-corrected chi connectivity index (χ2v) is 5.09. The second-order valence-electron chi connectivity index (χ2n) is 5.09. The van der Waals surface area contributed by atoms with Crippen LogP contribution < -0.4 is 0 Å². The number of hydrogen-bond acceptors (Lipinski definition) is 2. The first-order valence-corrected chi connectivity index (χ1v) is 6.59. The molecule has 0 atom stereocenters. The number of rotatable bonds is 7. The number of aliphatic hydroxyl groups excluding tert-OH is 1. The van der Waals surface area contributed by atoms with Crippen molar-refractivity contribution in [2.75, 3.05) is 26.2 Å². The van der Waals surface area contributed by atoms with Crippen LogP contribution in [-0.2, 0) is 0 Å². The molecule has 1 fully saturated rings. The van der Waals surface area contributed by atoms with Crippen molar-refractivity contribution in [3.8, 4) is 0 Å². The van der Waals surface area contributed by atoms with Crippen LogP contribution in [0.3, 0.4) is 0 Å². The molecule has 90 valence electrons. The molecule has 0 aliphatic heterocycles. The third-order valence-corrected chi connectivity index (χ3v) is 3.83. The maximum Gasteiger partial charge on any atom is 0.0499 e. The van der Waals surface area contributed by atoms with E-state index >= 15 is 0 Å². The number of aliphatic hydroxyl groups is 1. The van der Waals surface area contributed by atoms with E-state index in [-0.39, 0.29) is 5.41 Å². The van der Waals surface area contributed by atoms with Crippen LogP contribution in [0.1, 0.15) is 52.4 Å². The van der Waals surface area contributed by atoms with Gasteiger partial charge in [0.2, 0.25) is 0 Å². The lowest BCUT2D eigenvalue weighted by molar-refractivity contribution is 0.0799. The second kappa shape index (κ2) is 6.49. The smallest absolute Gasteiger partial charge is 0.0499 e. The highest BCUT2D eigenvalue weighted by atomic mass is 16.3. The normalized spacial score (nSPS) is 20.0. The van der Waals surface area contributed by atoms with Crippen molar-refractivity contribution in [2.24, 2.45) is 5.41 Å². The van der Waals surface area contributed by atoms with Gasteiger partial charge in [0.1, 0.15) is 0 Å². The van der Waals surface area contributed by atoms with Gasteiger partial charge in [0, 0.05) is 18.6 Å². The first kappa shape index (κ1) is 13.0.